The first-order valence-electron chi connectivity index (χ1n) is 11.3. The molecule has 4 rings (SSSR count). The first kappa shape index (κ1) is 20.9. The van der Waals surface area contributed by atoms with E-state index in [1.807, 2.05) is 24.4 Å². The molecule has 1 aromatic carbocycles. The first-order valence-corrected chi connectivity index (χ1v) is 11.3. The van der Waals surface area contributed by atoms with Gasteiger partial charge in [0.1, 0.15) is 5.75 Å². The summed E-state index contributed by atoms with van der Waals surface area (Å²) in [5, 5.41) is 3.14. The molecule has 0 saturated carbocycles. The zero-order valence-electron chi connectivity index (χ0n) is 18.2. The highest BCUT2D eigenvalue weighted by Gasteiger charge is 2.29. The molecule has 160 valence electrons. The number of pyridine rings is 1. The van der Waals surface area contributed by atoms with Crippen molar-refractivity contribution in [2.24, 2.45) is 5.92 Å². The predicted octanol–water partition coefficient (Wildman–Crippen LogP) is 4.06. The lowest BCUT2D eigenvalue weighted by molar-refractivity contribution is -0.120. The van der Waals surface area contributed by atoms with Crippen LogP contribution in [0.3, 0.4) is 0 Å². The van der Waals surface area contributed by atoms with Gasteiger partial charge in [-0.2, -0.15) is 0 Å². The van der Waals surface area contributed by atoms with Gasteiger partial charge in [0.2, 0.25) is 5.91 Å². The Balaban J connectivity index is 1.42. The molecule has 1 aromatic heterocycles. The Bertz CT molecular complexity index is 860. The number of hydrogen-bond donors (Lipinski definition) is 1. The molecule has 2 aromatic rings. The zero-order valence-corrected chi connectivity index (χ0v) is 18.2. The number of carbonyl (C=O) groups excluding carboxylic acids is 1. The number of nitrogens with zero attached hydrogens (tertiary/aromatic N) is 2. The van der Waals surface area contributed by atoms with Gasteiger partial charge >= 0.3 is 0 Å². The van der Waals surface area contributed by atoms with E-state index < -0.39 is 0 Å². The van der Waals surface area contributed by atoms with Crippen molar-refractivity contribution in [1.82, 2.24) is 15.2 Å². The normalized spacial score (nSPS) is 18.1. The highest BCUT2D eigenvalue weighted by Crippen LogP contribution is 2.34. The second-order valence-corrected chi connectivity index (χ2v) is 8.56. The molecule has 1 saturated heterocycles. The standard InChI is InChI=1S/C25H33N3O2/c1-3-30-24-16-21-8-6-7-20(21)15-22(24)17-28-13-10-19(11-14-28)25(27-18(2)29)23-9-4-5-12-26-23/h4-5,9,12,15-16,19,25H,3,6-8,10-11,13-14,17H2,1-2H3,(H,27,29)/t25-/m0/s1. The summed E-state index contributed by atoms with van der Waals surface area (Å²) in [5.74, 6) is 1.48. The van der Waals surface area contributed by atoms with Gasteiger partial charge in [0.15, 0.2) is 0 Å². The zero-order chi connectivity index (χ0) is 20.9. The van der Waals surface area contributed by atoms with Crippen LogP contribution in [0.5, 0.6) is 5.75 Å². The van der Waals surface area contributed by atoms with Crippen molar-refractivity contribution in [1.29, 1.82) is 0 Å². The highest BCUT2D eigenvalue weighted by atomic mass is 16.5. The van der Waals surface area contributed by atoms with E-state index in [-0.39, 0.29) is 11.9 Å². The van der Waals surface area contributed by atoms with Gasteiger partial charge in [0.25, 0.3) is 0 Å². The van der Waals surface area contributed by atoms with Gasteiger partial charge in [-0.25, -0.2) is 0 Å². The summed E-state index contributed by atoms with van der Waals surface area (Å²) in [4.78, 5) is 18.8. The monoisotopic (exact) mass is 407 g/mol. The number of carbonyl (C=O) groups is 1. The topological polar surface area (TPSA) is 54.5 Å². The first-order chi connectivity index (χ1) is 14.6. The summed E-state index contributed by atoms with van der Waals surface area (Å²) in [6, 6.07) is 10.6. The molecule has 30 heavy (non-hydrogen) atoms. The number of rotatable bonds is 7. The minimum atomic E-state index is -0.00942. The lowest BCUT2D eigenvalue weighted by atomic mass is 9.87. The molecular weight excluding hydrogens is 374 g/mol. The third-order valence-electron chi connectivity index (χ3n) is 6.44. The van der Waals surface area contributed by atoms with Crippen molar-refractivity contribution in [2.75, 3.05) is 19.7 Å². The molecule has 2 heterocycles. The van der Waals surface area contributed by atoms with Crippen molar-refractivity contribution < 1.29 is 9.53 Å². The van der Waals surface area contributed by atoms with E-state index >= 15 is 0 Å². The number of aromatic nitrogens is 1. The second kappa shape index (κ2) is 9.61. The van der Waals surface area contributed by atoms with Crippen molar-refractivity contribution in [3.05, 3.63) is 58.9 Å². The fourth-order valence-corrected chi connectivity index (χ4v) is 4.96. The molecule has 0 spiro atoms. The SMILES string of the molecule is CCOc1cc2c(cc1CN1CCC([C@H](NC(C)=O)c3ccccn3)CC1)CCC2. The van der Waals surface area contributed by atoms with E-state index in [1.54, 1.807) is 6.92 Å². The molecule has 0 radical (unpaired) electrons. The van der Waals surface area contributed by atoms with Crippen LogP contribution in [0.1, 0.15) is 61.5 Å². The van der Waals surface area contributed by atoms with Gasteiger partial charge in [-0.15, -0.1) is 0 Å². The molecular formula is C25H33N3O2. The van der Waals surface area contributed by atoms with E-state index in [2.05, 4.69) is 34.3 Å². The molecule has 1 aliphatic heterocycles. The Hall–Kier alpha value is -2.40. The summed E-state index contributed by atoms with van der Waals surface area (Å²) in [6.45, 7) is 7.34. The molecule has 1 aliphatic carbocycles. The molecule has 2 aliphatic rings. The van der Waals surface area contributed by atoms with Gasteiger partial charge in [0, 0.05) is 25.2 Å². The average Bonchev–Trinajstić information content (AvgIpc) is 3.21. The minimum absolute atomic E-state index is 0.00702. The Morgan fingerprint density at radius 1 is 1.23 bits per heavy atom. The van der Waals surface area contributed by atoms with Crippen molar-refractivity contribution in [2.45, 2.75) is 58.5 Å². The number of piperidine rings is 1. The van der Waals surface area contributed by atoms with Crippen LogP contribution in [-0.4, -0.2) is 35.5 Å². The van der Waals surface area contributed by atoms with Crippen LogP contribution in [0, 0.1) is 5.92 Å². The third-order valence-corrected chi connectivity index (χ3v) is 6.44. The largest absolute Gasteiger partial charge is 0.494 e. The Kier molecular flexibility index (Phi) is 6.68. The number of benzene rings is 1. The van der Waals surface area contributed by atoms with E-state index in [0.29, 0.717) is 12.5 Å². The number of likely N-dealkylation sites (tertiary alicyclic amines) is 1. The molecule has 5 nitrogen and oxygen atoms in total. The number of fused-ring (bicyclic) bond motifs is 1. The Labute approximate surface area is 179 Å². The number of ether oxygens (including phenoxy) is 1. The smallest absolute Gasteiger partial charge is 0.217 e. The molecule has 1 N–H and O–H groups in total. The number of aryl methyl sites for hydroxylation is 2. The van der Waals surface area contributed by atoms with E-state index in [1.165, 1.54) is 36.0 Å². The Morgan fingerprint density at radius 2 is 2.00 bits per heavy atom. The average molecular weight is 408 g/mol. The fourth-order valence-electron chi connectivity index (χ4n) is 4.96. The van der Waals surface area contributed by atoms with Crippen LogP contribution in [0.25, 0.3) is 0 Å². The summed E-state index contributed by atoms with van der Waals surface area (Å²) >= 11 is 0. The number of amides is 1. The summed E-state index contributed by atoms with van der Waals surface area (Å²) < 4.78 is 5.98. The number of nitrogens with one attached hydrogen (secondary N) is 1. The van der Waals surface area contributed by atoms with Crippen LogP contribution in [0.4, 0.5) is 0 Å². The molecule has 1 amide bonds. The quantitative estimate of drug-likeness (QED) is 0.752. The Morgan fingerprint density at radius 3 is 2.67 bits per heavy atom. The minimum Gasteiger partial charge on any atom is -0.494 e. The summed E-state index contributed by atoms with van der Waals surface area (Å²) in [6.07, 6.45) is 7.54. The van der Waals surface area contributed by atoms with Crippen LogP contribution in [-0.2, 0) is 24.2 Å². The fraction of sp³-hybridized carbons (Fsp3) is 0.520. The molecule has 5 heteroatoms. The summed E-state index contributed by atoms with van der Waals surface area (Å²) in [7, 11) is 0. The molecule has 1 atom stereocenters. The van der Waals surface area contributed by atoms with E-state index in [9.17, 15) is 4.79 Å². The third kappa shape index (κ3) is 4.84. The summed E-state index contributed by atoms with van der Waals surface area (Å²) in [5.41, 5.74) is 5.25. The predicted molar refractivity (Wildman–Crippen MR) is 118 cm³/mol. The van der Waals surface area contributed by atoms with Crippen LogP contribution in [0.2, 0.25) is 0 Å². The van der Waals surface area contributed by atoms with Crippen LogP contribution in [0.15, 0.2) is 36.5 Å². The number of hydrogen-bond acceptors (Lipinski definition) is 4. The van der Waals surface area contributed by atoms with Gasteiger partial charge in [-0.1, -0.05) is 12.1 Å². The van der Waals surface area contributed by atoms with Crippen molar-refractivity contribution >= 4 is 5.91 Å². The van der Waals surface area contributed by atoms with Gasteiger partial charge in [-0.05, 0) is 87.4 Å². The van der Waals surface area contributed by atoms with E-state index in [0.717, 1.165) is 43.9 Å². The van der Waals surface area contributed by atoms with Crippen molar-refractivity contribution in [3.63, 3.8) is 0 Å². The molecule has 0 bridgehead atoms. The van der Waals surface area contributed by atoms with Gasteiger partial charge < -0.3 is 10.1 Å². The molecule has 1 fully saturated rings. The maximum absolute atomic E-state index is 11.8. The van der Waals surface area contributed by atoms with Gasteiger partial charge in [0.05, 0.1) is 18.3 Å². The lowest BCUT2D eigenvalue weighted by Crippen LogP contribution is -2.40. The maximum atomic E-state index is 11.8. The van der Waals surface area contributed by atoms with Crippen LogP contribution < -0.4 is 10.1 Å². The van der Waals surface area contributed by atoms with E-state index in [4.69, 9.17) is 4.74 Å². The maximum Gasteiger partial charge on any atom is 0.217 e. The molecule has 0 unspecified atom stereocenters. The van der Waals surface area contributed by atoms with Crippen molar-refractivity contribution in [3.8, 4) is 5.75 Å². The second-order valence-electron chi connectivity index (χ2n) is 8.56. The van der Waals surface area contributed by atoms with Crippen LogP contribution >= 0.6 is 0 Å². The lowest BCUT2D eigenvalue weighted by Gasteiger charge is -2.36. The van der Waals surface area contributed by atoms with Gasteiger partial charge in [-0.3, -0.25) is 14.7 Å². The highest BCUT2D eigenvalue weighted by molar-refractivity contribution is 5.73.